The van der Waals surface area contributed by atoms with E-state index in [9.17, 15) is 14.4 Å². The molecule has 9 heteroatoms. The van der Waals surface area contributed by atoms with Gasteiger partial charge < -0.3 is 14.8 Å². The summed E-state index contributed by atoms with van der Waals surface area (Å²) in [6.07, 6.45) is 1.69. The van der Waals surface area contributed by atoms with Crippen molar-refractivity contribution in [3.8, 4) is 11.4 Å². The summed E-state index contributed by atoms with van der Waals surface area (Å²) in [4.78, 5) is 39.7. The summed E-state index contributed by atoms with van der Waals surface area (Å²) in [5.41, 5.74) is 0.511. The van der Waals surface area contributed by atoms with Gasteiger partial charge in [0.15, 0.2) is 0 Å². The fraction of sp³-hybridized carbons (Fsp3) is 0.385. The van der Waals surface area contributed by atoms with Gasteiger partial charge in [0.25, 0.3) is 11.5 Å². The van der Waals surface area contributed by atoms with Gasteiger partial charge in [0.05, 0.1) is 25.4 Å². The van der Waals surface area contributed by atoms with Crippen molar-refractivity contribution in [1.29, 1.82) is 0 Å². The number of hydrogen-bond donors (Lipinski definition) is 1. The minimum atomic E-state index is -0.752. The van der Waals surface area contributed by atoms with E-state index in [0.717, 1.165) is 27.7 Å². The van der Waals surface area contributed by atoms with Crippen molar-refractivity contribution in [3.05, 3.63) is 86.2 Å². The van der Waals surface area contributed by atoms with E-state index in [1.54, 1.807) is 43.5 Å². The molecule has 4 rings (SSSR count). The third kappa shape index (κ3) is 5.51. The lowest BCUT2D eigenvalue weighted by Crippen LogP contribution is -2.46. The zero-order valence-corrected chi connectivity index (χ0v) is 20.2. The van der Waals surface area contributed by atoms with Gasteiger partial charge in [-0.15, -0.1) is 0 Å². The Morgan fingerprint density at radius 3 is 2.63 bits per heavy atom. The fourth-order valence-electron chi connectivity index (χ4n) is 4.01. The molecule has 2 aromatic carbocycles. The van der Waals surface area contributed by atoms with Crippen LogP contribution in [0.25, 0.3) is 5.69 Å². The van der Waals surface area contributed by atoms with E-state index in [2.05, 4.69) is 24.3 Å². The van der Waals surface area contributed by atoms with Crippen LogP contribution in [-0.4, -0.2) is 46.6 Å². The number of benzene rings is 2. The van der Waals surface area contributed by atoms with Gasteiger partial charge in [-0.05, 0) is 54.2 Å². The second-order valence-electron chi connectivity index (χ2n) is 8.88. The third-order valence-corrected chi connectivity index (χ3v) is 6.07. The van der Waals surface area contributed by atoms with Gasteiger partial charge in [-0.1, -0.05) is 38.1 Å². The number of ether oxygens (including phenoxy) is 2. The van der Waals surface area contributed by atoms with Crippen molar-refractivity contribution < 1.29 is 14.3 Å². The third-order valence-electron chi connectivity index (χ3n) is 6.07. The van der Waals surface area contributed by atoms with Gasteiger partial charge in [0.1, 0.15) is 5.75 Å². The van der Waals surface area contributed by atoms with E-state index in [-0.39, 0.29) is 24.9 Å². The van der Waals surface area contributed by atoms with Crippen LogP contribution in [-0.2, 0) is 11.3 Å². The molecule has 0 aliphatic carbocycles. The van der Waals surface area contributed by atoms with Gasteiger partial charge in [-0.3, -0.25) is 14.2 Å². The minimum absolute atomic E-state index is 0.0342. The van der Waals surface area contributed by atoms with Crippen LogP contribution in [0.15, 0.2) is 58.1 Å². The molecule has 0 radical (unpaired) electrons. The zero-order valence-electron chi connectivity index (χ0n) is 20.2. The van der Waals surface area contributed by atoms with E-state index >= 15 is 0 Å². The summed E-state index contributed by atoms with van der Waals surface area (Å²) < 4.78 is 12.9. The first-order chi connectivity index (χ1) is 16.9. The van der Waals surface area contributed by atoms with Crippen molar-refractivity contribution in [1.82, 2.24) is 19.7 Å². The van der Waals surface area contributed by atoms with E-state index < -0.39 is 17.2 Å². The van der Waals surface area contributed by atoms with Crippen molar-refractivity contribution in [3.63, 3.8) is 0 Å². The molecule has 1 N–H and O–H groups in total. The van der Waals surface area contributed by atoms with E-state index in [1.165, 1.54) is 0 Å². The van der Waals surface area contributed by atoms with Crippen molar-refractivity contribution in [2.75, 3.05) is 20.3 Å². The Bertz CT molecular complexity index is 1300. The van der Waals surface area contributed by atoms with Crippen molar-refractivity contribution in [2.24, 2.45) is 0 Å². The van der Waals surface area contributed by atoms with Gasteiger partial charge in [0.2, 0.25) is 5.69 Å². The Labute approximate surface area is 203 Å². The molecule has 1 aliphatic heterocycles. The Hall–Kier alpha value is -3.72. The van der Waals surface area contributed by atoms with Crippen LogP contribution in [0.5, 0.6) is 5.75 Å². The summed E-state index contributed by atoms with van der Waals surface area (Å²) >= 11 is 0. The average Bonchev–Trinajstić information content (AvgIpc) is 3.39. The lowest BCUT2D eigenvalue weighted by atomic mass is 10.0. The topological polar surface area (TPSA) is 104 Å². The molecule has 3 aromatic rings. The first-order valence-corrected chi connectivity index (χ1v) is 11.7. The monoisotopic (exact) mass is 478 g/mol. The second kappa shape index (κ2) is 10.7. The Balaban J connectivity index is 1.76. The number of rotatable bonds is 8. The van der Waals surface area contributed by atoms with Gasteiger partial charge in [0, 0.05) is 13.2 Å². The average molecular weight is 479 g/mol. The fourth-order valence-corrected chi connectivity index (χ4v) is 4.01. The number of nitrogens with zero attached hydrogens (tertiary/aromatic N) is 3. The molecule has 0 bridgehead atoms. The number of carbonyl (C=O) groups is 1. The number of aromatic nitrogens is 3. The summed E-state index contributed by atoms with van der Waals surface area (Å²) in [6, 6.07) is 14.4. The summed E-state index contributed by atoms with van der Waals surface area (Å²) in [5.74, 6) is 0.274. The molecule has 0 spiro atoms. The molecule has 35 heavy (non-hydrogen) atoms. The normalized spacial score (nSPS) is 15.4. The molecule has 1 fully saturated rings. The van der Waals surface area contributed by atoms with Crippen LogP contribution in [0.4, 0.5) is 0 Å². The molecule has 184 valence electrons. The molecule has 1 amide bonds. The molecule has 1 saturated heterocycles. The molecule has 2 heterocycles. The number of nitrogens with one attached hydrogen (secondary N) is 1. The van der Waals surface area contributed by atoms with E-state index in [1.807, 2.05) is 12.1 Å². The Morgan fingerprint density at radius 2 is 1.97 bits per heavy atom. The maximum atomic E-state index is 13.4. The highest BCUT2D eigenvalue weighted by atomic mass is 16.5. The largest absolute Gasteiger partial charge is 0.497 e. The maximum absolute atomic E-state index is 13.4. The summed E-state index contributed by atoms with van der Waals surface area (Å²) in [6.45, 7) is 5.05. The molecule has 1 unspecified atom stereocenters. The first-order valence-electron chi connectivity index (χ1n) is 11.7. The highest BCUT2D eigenvalue weighted by Crippen LogP contribution is 2.16. The predicted octanol–water partition coefficient (Wildman–Crippen LogP) is 2.48. The van der Waals surface area contributed by atoms with Crippen LogP contribution in [0.2, 0.25) is 0 Å². The predicted molar refractivity (Wildman–Crippen MR) is 132 cm³/mol. The Kier molecular flexibility index (Phi) is 7.45. The number of methoxy groups -OCH3 is 1. The van der Waals surface area contributed by atoms with Gasteiger partial charge >= 0.3 is 5.69 Å². The second-order valence-corrected chi connectivity index (χ2v) is 8.88. The number of carbonyl (C=O) groups excluding carboxylic acids is 1. The molecule has 1 aromatic heterocycles. The highest BCUT2D eigenvalue weighted by Gasteiger charge is 2.23. The lowest BCUT2D eigenvalue weighted by Gasteiger charge is -2.14. The molecule has 1 aliphatic rings. The van der Waals surface area contributed by atoms with Crippen molar-refractivity contribution >= 4 is 5.91 Å². The summed E-state index contributed by atoms with van der Waals surface area (Å²) in [7, 11) is 1.54. The van der Waals surface area contributed by atoms with Crippen molar-refractivity contribution in [2.45, 2.75) is 45.3 Å². The van der Waals surface area contributed by atoms with E-state index in [4.69, 9.17) is 9.47 Å². The standard InChI is InChI=1S/C26H30N4O5/c1-17(2)19-9-11-20(12-10-19)30-26(33)29(16-18-6-4-7-21(14-18)34-3)25(32)23(28-30)24(31)27-15-22-8-5-13-35-22/h4,6-7,9-12,14,17,22H,5,8,13,15-16H2,1-3H3,(H,27,31). The molecular formula is C26H30N4O5. The molecule has 0 saturated carbocycles. The highest BCUT2D eigenvalue weighted by molar-refractivity contribution is 5.91. The first kappa shape index (κ1) is 24.4. The van der Waals surface area contributed by atoms with Crippen LogP contribution in [0.1, 0.15) is 54.2 Å². The van der Waals surface area contributed by atoms with Crippen LogP contribution in [0, 0.1) is 0 Å². The van der Waals surface area contributed by atoms with Crippen LogP contribution >= 0.6 is 0 Å². The van der Waals surface area contributed by atoms with Crippen LogP contribution in [0.3, 0.4) is 0 Å². The SMILES string of the molecule is COc1cccc(Cn2c(=O)c(C(=O)NCC3CCCO3)nn(-c3ccc(C(C)C)cc3)c2=O)c1. The van der Waals surface area contributed by atoms with Gasteiger partial charge in [-0.2, -0.15) is 9.78 Å². The number of hydrogen-bond acceptors (Lipinski definition) is 6. The lowest BCUT2D eigenvalue weighted by molar-refractivity contribution is 0.0849. The van der Waals surface area contributed by atoms with E-state index in [0.29, 0.717) is 29.5 Å². The molecule has 1 atom stereocenters. The quantitative estimate of drug-likeness (QED) is 0.533. The molecular weight excluding hydrogens is 448 g/mol. The smallest absolute Gasteiger partial charge is 0.352 e. The summed E-state index contributed by atoms with van der Waals surface area (Å²) in [5, 5.41) is 6.93. The Morgan fingerprint density at radius 1 is 1.20 bits per heavy atom. The molecule has 9 nitrogen and oxygen atoms in total. The maximum Gasteiger partial charge on any atom is 0.352 e. The zero-order chi connectivity index (χ0) is 24.9. The van der Waals surface area contributed by atoms with Crippen LogP contribution < -0.4 is 21.3 Å². The minimum Gasteiger partial charge on any atom is -0.497 e. The van der Waals surface area contributed by atoms with Gasteiger partial charge in [-0.25, -0.2) is 4.79 Å². The number of amides is 1.